The molecule has 102 valence electrons. The summed E-state index contributed by atoms with van der Waals surface area (Å²) in [6.07, 6.45) is -0.954. The smallest absolute Gasteiger partial charge is 0.338 e. The van der Waals surface area contributed by atoms with Gasteiger partial charge in [0.15, 0.2) is 0 Å². The van der Waals surface area contributed by atoms with Crippen LogP contribution in [-0.4, -0.2) is 47.2 Å². The number of hydrogen-bond acceptors (Lipinski definition) is 6. The number of carbonyl (C=O) groups excluding carboxylic acids is 1. The van der Waals surface area contributed by atoms with E-state index in [4.69, 9.17) is 25.8 Å². The number of anilines is 1. The van der Waals surface area contributed by atoms with Crippen LogP contribution >= 0.6 is 0 Å². The first-order valence-electron chi connectivity index (χ1n) is 5.47. The molecule has 0 heterocycles. The van der Waals surface area contributed by atoms with Crippen molar-refractivity contribution in [1.82, 2.24) is 0 Å². The van der Waals surface area contributed by atoms with E-state index in [2.05, 4.69) is 0 Å². The van der Waals surface area contributed by atoms with Crippen LogP contribution in [0, 0.1) is 0 Å². The molecule has 1 rings (SSSR count). The fraction of sp³-hybridized carbons (Fsp3) is 0.417. The average molecular weight is 257 g/mol. The van der Waals surface area contributed by atoms with Gasteiger partial charge in [-0.1, -0.05) is 0 Å². The molecule has 6 nitrogen and oxygen atoms in total. The van der Waals surface area contributed by atoms with Gasteiger partial charge in [-0.15, -0.1) is 0 Å². The van der Waals surface area contributed by atoms with Crippen molar-refractivity contribution >= 4 is 11.7 Å². The fourth-order valence-corrected chi connectivity index (χ4v) is 0.891. The van der Waals surface area contributed by atoms with Crippen molar-refractivity contribution in [3.8, 4) is 0 Å². The third kappa shape index (κ3) is 6.85. The second-order valence-corrected chi connectivity index (χ2v) is 3.36. The molecule has 0 amide bonds. The number of aliphatic hydroxyl groups excluding tert-OH is 3. The maximum absolute atomic E-state index is 11.1. The number of nitrogen functional groups attached to an aromatic ring is 1. The Bertz CT molecular complexity index is 335. The summed E-state index contributed by atoms with van der Waals surface area (Å²) in [7, 11) is 0. The Balaban J connectivity index is 0.000000411. The maximum atomic E-state index is 11.1. The lowest BCUT2D eigenvalue weighted by atomic mass is 10.2. The van der Waals surface area contributed by atoms with Crippen LogP contribution in [0.25, 0.3) is 0 Å². The summed E-state index contributed by atoms with van der Waals surface area (Å²) in [5.41, 5.74) is 6.62. The summed E-state index contributed by atoms with van der Waals surface area (Å²) in [6, 6.07) is 6.64. The molecule has 0 saturated heterocycles. The average Bonchev–Trinajstić information content (AvgIpc) is 2.39. The third-order valence-corrected chi connectivity index (χ3v) is 1.84. The van der Waals surface area contributed by atoms with Gasteiger partial charge in [-0.2, -0.15) is 0 Å². The van der Waals surface area contributed by atoms with Crippen LogP contribution in [0.15, 0.2) is 24.3 Å². The van der Waals surface area contributed by atoms with E-state index in [0.717, 1.165) is 0 Å². The summed E-state index contributed by atoms with van der Waals surface area (Å²) in [5.74, 6) is -0.308. The Morgan fingerprint density at radius 3 is 2.11 bits per heavy atom. The van der Waals surface area contributed by atoms with E-state index < -0.39 is 6.10 Å². The fourth-order valence-electron chi connectivity index (χ4n) is 0.891. The van der Waals surface area contributed by atoms with Gasteiger partial charge in [0, 0.05) is 5.69 Å². The number of esters is 1. The van der Waals surface area contributed by atoms with Gasteiger partial charge in [-0.05, 0) is 31.2 Å². The highest BCUT2D eigenvalue weighted by atomic mass is 16.5. The van der Waals surface area contributed by atoms with Gasteiger partial charge >= 0.3 is 5.97 Å². The summed E-state index contributed by atoms with van der Waals surface area (Å²) in [6.45, 7) is 1.44. The molecule has 18 heavy (non-hydrogen) atoms. The first-order chi connectivity index (χ1) is 8.54. The first kappa shape index (κ1) is 16.4. The van der Waals surface area contributed by atoms with E-state index in [-0.39, 0.29) is 19.2 Å². The molecule has 1 aromatic rings. The Morgan fingerprint density at radius 1 is 1.28 bits per heavy atom. The van der Waals surface area contributed by atoms with E-state index in [9.17, 15) is 4.79 Å². The minimum atomic E-state index is -0.954. The Hall–Kier alpha value is -1.63. The summed E-state index contributed by atoms with van der Waals surface area (Å²) in [4.78, 5) is 11.1. The van der Waals surface area contributed by atoms with Crippen LogP contribution < -0.4 is 5.73 Å². The van der Waals surface area contributed by atoms with Crippen LogP contribution in [-0.2, 0) is 4.74 Å². The lowest BCUT2D eigenvalue weighted by Gasteiger charge is -2.00. The summed E-state index contributed by atoms with van der Waals surface area (Å²) >= 11 is 0. The highest BCUT2D eigenvalue weighted by molar-refractivity contribution is 5.89. The van der Waals surface area contributed by atoms with Crippen molar-refractivity contribution in [3.63, 3.8) is 0 Å². The van der Waals surface area contributed by atoms with Crippen molar-refractivity contribution in [2.45, 2.75) is 13.0 Å². The molecule has 0 aliphatic rings. The number of aliphatic hydroxyl groups is 3. The van der Waals surface area contributed by atoms with Crippen molar-refractivity contribution in [1.29, 1.82) is 0 Å². The topological polar surface area (TPSA) is 113 Å². The zero-order chi connectivity index (χ0) is 14.0. The number of rotatable bonds is 4. The Morgan fingerprint density at radius 2 is 1.78 bits per heavy atom. The number of benzene rings is 1. The van der Waals surface area contributed by atoms with E-state index in [1.807, 2.05) is 0 Å². The minimum Gasteiger partial charge on any atom is -0.462 e. The largest absolute Gasteiger partial charge is 0.462 e. The normalized spacial score (nSPS) is 9.61. The Kier molecular flexibility index (Phi) is 8.55. The molecule has 0 radical (unpaired) electrons. The number of carbonyl (C=O) groups is 1. The van der Waals surface area contributed by atoms with E-state index in [0.29, 0.717) is 17.9 Å². The molecule has 0 fully saturated rings. The molecule has 0 bridgehead atoms. The zero-order valence-corrected chi connectivity index (χ0v) is 10.2. The summed E-state index contributed by atoms with van der Waals surface area (Å²) in [5, 5.41) is 24.0. The molecule has 0 aliphatic carbocycles. The van der Waals surface area contributed by atoms with Crippen molar-refractivity contribution in [2.75, 3.05) is 25.6 Å². The van der Waals surface area contributed by atoms with Crippen molar-refractivity contribution in [3.05, 3.63) is 29.8 Å². The molecular formula is C12H19NO5. The van der Waals surface area contributed by atoms with E-state index in [1.54, 1.807) is 31.2 Å². The number of hydrogen-bond donors (Lipinski definition) is 4. The molecule has 6 heteroatoms. The zero-order valence-electron chi connectivity index (χ0n) is 10.2. The number of ether oxygens (including phenoxy) is 1. The van der Waals surface area contributed by atoms with Gasteiger partial charge in [0.25, 0.3) is 0 Å². The van der Waals surface area contributed by atoms with E-state index >= 15 is 0 Å². The molecule has 0 spiro atoms. The standard InChI is InChI=1S/C9H11NO2.C3H8O3/c1-2-12-9(11)7-3-5-8(10)6-4-7;4-1-3(6)2-5/h3-6H,2,10H2,1H3;3-6H,1-2H2. The van der Waals surface area contributed by atoms with Crippen LogP contribution in [0.2, 0.25) is 0 Å². The molecule has 5 N–H and O–H groups in total. The first-order valence-corrected chi connectivity index (χ1v) is 5.47. The van der Waals surface area contributed by atoms with Crippen LogP contribution in [0.4, 0.5) is 5.69 Å². The predicted molar refractivity (Wildman–Crippen MR) is 67.0 cm³/mol. The van der Waals surface area contributed by atoms with Gasteiger partial charge < -0.3 is 25.8 Å². The van der Waals surface area contributed by atoms with Gasteiger partial charge in [-0.3, -0.25) is 0 Å². The van der Waals surface area contributed by atoms with Gasteiger partial charge in [0.05, 0.1) is 25.4 Å². The summed E-state index contributed by atoms with van der Waals surface area (Å²) < 4.78 is 4.79. The quantitative estimate of drug-likeness (QED) is 0.438. The van der Waals surface area contributed by atoms with Crippen LogP contribution in [0.3, 0.4) is 0 Å². The third-order valence-electron chi connectivity index (χ3n) is 1.84. The monoisotopic (exact) mass is 257 g/mol. The molecular weight excluding hydrogens is 238 g/mol. The lowest BCUT2D eigenvalue weighted by molar-refractivity contribution is 0.0450. The van der Waals surface area contributed by atoms with Crippen molar-refractivity contribution in [2.24, 2.45) is 0 Å². The second-order valence-electron chi connectivity index (χ2n) is 3.36. The lowest BCUT2D eigenvalue weighted by Crippen LogP contribution is -2.15. The molecule has 0 aliphatic heterocycles. The van der Waals surface area contributed by atoms with E-state index in [1.165, 1.54) is 0 Å². The predicted octanol–water partition coefficient (Wildman–Crippen LogP) is -0.223. The maximum Gasteiger partial charge on any atom is 0.338 e. The molecule has 0 atom stereocenters. The van der Waals surface area contributed by atoms with Crippen LogP contribution in [0.5, 0.6) is 0 Å². The van der Waals surface area contributed by atoms with Gasteiger partial charge in [0.2, 0.25) is 0 Å². The van der Waals surface area contributed by atoms with Crippen LogP contribution in [0.1, 0.15) is 17.3 Å². The molecule has 1 aromatic carbocycles. The second kappa shape index (κ2) is 9.41. The molecule has 0 unspecified atom stereocenters. The Labute approximate surface area is 106 Å². The highest BCUT2D eigenvalue weighted by Crippen LogP contribution is 2.06. The SMILES string of the molecule is CCOC(=O)c1ccc(N)cc1.OCC(O)CO. The van der Waals surface area contributed by atoms with Gasteiger partial charge in [0.1, 0.15) is 6.10 Å². The number of nitrogens with two attached hydrogens (primary N) is 1. The minimum absolute atomic E-state index is 0.308. The highest BCUT2D eigenvalue weighted by Gasteiger charge is 2.03. The van der Waals surface area contributed by atoms with Gasteiger partial charge in [-0.25, -0.2) is 4.79 Å². The molecule has 0 saturated carbocycles. The van der Waals surface area contributed by atoms with Crippen molar-refractivity contribution < 1.29 is 24.9 Å². The molecule has 0 aromatic heterocycles.